The first-order valence-electron chi connectivity index (χ1n) is 5.00. The monoisotopic (exact) mass is 209 g/mol. The van der Waals surface area contributed by atoms with Crippen molar-refractivity contribution in [3.05, 3.63) is 35.6 Å². The van der Waals surface area contributed by atoms with Crippen LogP contribution in [0.3, 0.4) is 0 Å². The molecular weight excluding hydrogens is 193 g/mol. The zero-order valence-corrected chi connectivity index (χ0v) is 9.16. The van der Waals surface area contributed by atoms with E-state index in [0.717, 1.165) is 18.7 Å². The number of carbonyl (C=O) groups is 1. The predicted octanol–water partition coefficient (Wildman–Crippen LogP) is 2.24. The van der Waals surface area contributed by atoms with Gasteiger partial charge in [0.1, 0.15) is 11.6 Å². The Balaban J connectivity index is 2.40. The quantitative estimate of drug-likeness (QED) is 0.741. The van der Waals surface area contributed by atoms with Crippen molar-refractivity contribution in [3.63, 3.8) is 0 Å². The molecule has 0 aliphatic heterocycles. The summed E-state index contributed by atoms with van der Waals surface area (Å²) in [7, 11) is 1.95. The van der Waals surface area contributed by atoms with E-state index in [0.29, 0.717) is 6.42 Å². The molecule has 15 heavy (non-hydrogen) atoms. The standard InChI is InChI=1S/C12H16FNO/c1-10(15)7-8-14(2)9-11-3-5-12(13)6-4-11/h3-6H,7-9H2,1-2H3. The molecule has 0 radical (unpaired) electrons. The van der Waals surface area contributed by atoms with E-state index >= 15 is 0 Å². The van der Waals surface area contributed by atoms with E-state index in [1.54, 1.807) is 19.1 Å². The SMILES string of the molecule is CC(=O)CCN(C)Cc1ccc(F)cc1. The summed E-state index contributed by atoms with van der Waals surface area (Å²) in [5, 5.41) is 0. The van der Waals surface area contributed by atoms with Crippen molar-refractivity contribution < 1.29 is 9.18 Å². The Labute approximate surface area is 89.7 Å². The van der Waals surface area contributed by atoms with Crippen molar-refractivity contribution >= 4 is 5.78 Å². The van der Waals surface area contributed by atoms with Gasteiger partial charge in [-0.1, -0.05) is 12.1 Å². The van der Waals surface area contributed by atoms with Crippen molar-refractivity contribution in [2.75, 3.05) is 13.6 Å². The Bertz CT molecular complexity index is 321. The van der Waals surface area contributed by atoms with Crippen LogP contribution in [0.15, 0.2) is 24.3 Å². The highest BCUT2D eigenvalue weighted by atomic mass is 19.1. The summed E-state index contributed by atoms with van der Waals surface area (Å²) in [6.45, 7) is 3.08. The minimum absolute atomic E-state index is 0.195. The molecule has 0 saturated heterocycles. The van der Waals surface area contributed by atoms with Crippen LogP contribution in [0.2, 0.25) is 0 Å². The van der Waals surface area contributed by atoms with E-state index in [2.05, 4.69) is 4.90 Å². The second-order valence-corrected chi connectivity index (χ2v) is 3.82. The zero-order chi connectivity index (χ0) is 11.3. The molecule has 0 fully saturated rings. The molecule has 0 bridgehead atoms. The summed E-state index contributed by atoms with van der Waals surface area (Å²) < 4.78 is 12.6. The lowest BCUT2D eigenvalue weighted by Crippen LogP contribution is -2.20. The number of halogens is 1. The summed E-state index contributed by atoms with van der Waals surface area (Å²) >= 11 is 0. The van der Waals surface area contributed by atoms with Crippen LogP contribution in [-0.4, -0.2) is 24.3 Å². The van der Waals surface area contributed by atoms with Crippen molar-refractivity contribution in [2.24, 2.45) is 0 Å². The molecular formula is C12H16FNO. The second-order valence-electron chi connectivity index (χ2n) is 3.82. The molecule has 1 aromatic rings. The van der Waals surface area contributed by atoms with E-state index < -0.39 is 0 Å². The first-order chi connectivity index (χ1) is 7.08. The van der Waals surface area contributed by atoms with Crippen LogP contribution in [0.1, 0.15) is 18.9 Å². The number of benzene rings is 1. The van der Waals surface area contributed by atoms with Crippen LogP contribution >= 0.6 is 0 Å². The van der Waals surface area contributed by atoms with Crippen LogP contribution in [-0.2, 0) is 11.3 Å². The van der Waals surface area contributed by atoms with E-state index in [1.165, 1.54) is 12.1 Å². The number of hydrogen-bond donors (Lipinski definition) is 0. The van der Waals surface area contributed by atoms with Gasteiger partial charge in [0.2, 0.25) is 0 Å². The van der Waals surface area contributed by atoms with E-state index in [1.807, 2.05) is 7.05 Å². The fourth-order valence-corrected chi connectivity index (χ4v) is 1.33. The van der Waals surface area contributed by atoms with Gasteiger partial charge in [-0.15, -0.1) is 0 Å². The van der Waals surface area contributed by atoms with Crippen molar-refractivity contribution in [2.45, 2.75) is 19.9 Å². The van der Waals surface area contributed by atoms with Gasteiger partial charge in [-0.3, -0.25) is 4.79 Å². The zero-order valence-electron chi connectivity index (χ0n) is 9.16. The van der Waals surface area contributed by atoms with Gasteiger partial charge in [0.15, 0.2) is 0 Å². The number of hydrogen-bond acceptors (Lipinski definition) is 2. The largest absolute Gasteiger partial charge is 0.302 e. The Hall–Kier alpha value is -1.22. The number of rotatable bonds is 5. The number of nitrogens with zero attached hydrogens (tertiary/aromatic N) is 1. The van der Waals surface area contributed by atoms with Crippen LogP contribution in [0.5, 0.6) is 0 Å². The smallest absolute Gasteiger partial charge is 0.131 e. The molecule has 0 N–H and O–H groups in total. The van der Waals surface area contributed by atoms with Crippen molar-refractivity contribution in [3.8, 4) is 0 Å². The van der Waals surface area contributed by atoms with Gasteiger partial charge in [0.25, 0.3) is 0 Å². The maximum absolute atomic E-state index is 12.6. The summed E-state index contributed by atoms with van der Waals surface area (Å²) in [5.74, 6) is -0.0221. The molecule has 0 unspecified atom stereocenters. The summed E-state index contributed by atoms with van der Waals surface area (Å²) in [6.07, 6.45) is 0.567. The molecule has 0 atom stereocenters. The Morgan fingerprint density at radius 1 is 1.33 bits per heavy atom. The third-order valence-electron chi connectivity index (χ3n) is 2.21. The van der Waals surface area contributed by atoms with Gasteiger partial charge >= 0.3 is 0 Å². The minimum Gasteiger partial charge on any atom is -0.302 e. The first kappa shape index (κ1) is 11.9. The highest BCUT2D eigenvalue weighted by molar-refractivity contribution is 5.75. The normalized spacial score (nSPS) is 10.7. The van der Waals surface area contributed by atoms with Crippen LogP contribution in [0.4, 0.5) is 4.39 Å². The number of ketones is 1. The summed E-state index contributed by atoms with van der Waals surface area (Å²) in [5.41, 5.74) is 1.06. The molecule has 0 amide bonds. The number of Topliss-reactive ketones (excluding diaryl/α,β-unsaturated/α-hetero) is 1. The second kappa shape index (κ2) is 5.61. The predicted molar refractivity (Wildman–Crippen MR) is 58.0 cm³/mol. The van der Waals surface area contributed by atoms with E-state index in [-0.39, 0.29) is 11.6 Å². The average Bonchev–Trinajstić information content (AvgIpc) is 2.19. The highest BCUT2D eigenvalue weighted by Crippen LogP contribution is 2.05. The van der Waals surface area contributed by atoms with Crippen molar-refractivity contribution in [1.29, 1.82) is 0 Å². The molecule has 0 saturated carbocycles. The molecule has 0 heterocycles. The Morgan fingerprint density at radius 2 is 1.93 bits per heavy atom. The van der Waals surface area contributed by atoms with Gasteiger partial charge in [0, 0.05) is 19.5 Å². The van der Waals surface area contributed by atoms with Crippen LogP contribution in [0, 0.1) is 5.82 Å². The topological polar surface area (TPSA) is 20.3 Å². The van der Waals surface area contributed by atoms with Crippen LogP contribution < -0.4 is 0 Å². The van der Waals surface area contributed by atoms with Gasteiger partial charge in [-0.25, -0.2) is 4.39 Å². The lowest BCUT2D eigenvalue weighted by molar-refractivity contribution is -0.117. The van der Waals surface area contributed by atoms with Gasteiger partial charge < -0.3 is 4.90 Å². The van der Waals surface area contributed by atoms with E-state index in [9.17, 15) is 9.18 Å². The lowest BCUT2D eigenvalue weighted by atomic mass is 10.2. The summed E-state index contributed by atoms with van der Waals surface area (Å²) in [6, 6.07) is 6.43. The summed E-state index contributed by atoms with van der Waals surface area (Å²) in [4.78, 5) is 12.8. The maximum Gasteiger partial charge on any atom is 0.131 e. The molecule has 2 nitrogen and oxygen atoms in total. The average molecular weight is 209 g/mol. The molecule has 1 rings (SSSR count). The van der Waals surface area contributed by atoms with Gasteiger partial charge in [0.05, 0.1) is 0 Å². The maximum atomic E-state index is 12.6. The van der Waals surface area contributed by atoms with Crippen LogP contribution in [0.25, 0.3) is 0 Å². The minimum atomic E-state index is -0.217. The van der Waals surface area contributed by atoms with Gasteiger partial charge in [-0.05, 0) is 31.7 Å². The molecule has 0 aliphatic carbocycles. The fourth-order valence-electron chi connectivity index (χ4n) is 1.33. The Kier molecular flexibility index (Phi) is 4.43. The first-order valence-corrected chi connectivity index (χ1v) is 5.00. The third kappa shape index (κ3) is 4.70. The highest BCUT2D eigenvalue weighted by Gasteiger charge is 2.02. The lowest BCUT2D eigenvalue weighted by Gasteiger charge is -2.15. The molecule has 0 aliphatic rings. The number of carbonyl (C=O) groups excluding carboxylic acids is 1. The molecule has 1 aromatic carbocycles. The van der Waals surface area contributed by atoms with Crippen molar-refractivity contribution in [1.82, 2.24) is 4.90 Å². The van der Waals surface area contributed by atoms with E-state index in [4.69, 9.17) is 0 Å². The molecule has 0 aromatic heterocycles. The molecule has 3 heteroatoms. The van der Waals surface area contributed by atoms with Gasteiger partial charge in [-0.2, -0.15) is 0 Å². The Morgan fingerprint density at radius 3 is 2.47 bits per heavy atom. The molecule has 0 spiro atoms. The molecule has 82 valence electrons. The fraction of sp³-hybridized carbons (Fsp3) is 0.417. The third-order valence-corrected chi connectivity index (χ3v) is 2.21.